The molecule has 282 valence electrons. The van der Waals surface area contributed by atoms with Crippen molar-refractivity contribution < 1.29 is 0 Å². The Hall–Kier alpha value is -6.90. The molecule has 0 saturated carbocycles. The molecule has 0 unspecified atom stereocenters. The predicted octanol–water partition coefficient (Wildman–Crippen LogP) is 14.9. The van der Waals surface area contributed by atoms with E-state index in [9.17, 15) is 0 Å². The van der Waals surface area contributed by atoms with E-state index in [0.29, 0.717) is 0 Å². The lowest BCUT2D eigenvalue weighted by molar-refractivity contribution is 0.819. The molecule has 8 aromatic rings. The Morgan fingerprint density at radius 2 is 0.948 bits per heavy atom. The summed E-state index contributed by atoms with van der Waals surface area (Å²) in [5.74, 6) is 0.722. The second-order valence-electron chi connectivity index (χ2n) is 14.9. The van der Waals surface area contributed by atoms with Gasteiger partial charge in [-0.1, -0.05) is 195 Å². The van der Waals surface area contributed by atoms with Gasteiger partial charge in [-0.15, -0.1) is 0 Å². The highest BCUT2D eigenvalue weighted by molar-refractivity contribution is 6.11. The van der Waals surface area contributed by atoms with Crippen LogP contribution in [0.15, 0.2) is 210 Å². The van der Waals surface area contributed by atoms with Crippen molar-refractivity contribution in [3.05, 3.63) is 228 Å². The Morgan fingerprint density at radius 3 is 1.55 bits per heavy atom. The second-order valence-corrected chi connectivity index (χ2v) is 14.9. The second kappa shape index (κ2) is 17.5. The summed E-state index contributed by atoms with van der Waals surface area (Å²) >= 11 is 0. The molecule has 0 spiro atoms. The average Bonchev–Trinajstić information content (AvgIpc) is 3.29. The van der Waals surface area contributed by atoms with Gasteiger partial charge < -0.3 is 0 Å². The van der Waals surface area contributed by atoms with Crippen LogP contribution in [0.2, 0.25) is 0 Å². The fourth-order valence-corrected chi connectivity index (χ4v) is 7.74. The van der Waals surface area contributed by atoms with Crippen molar-refractivity contribution in [3.63, 3.8) is 0 Å². The molecule has 2 nitrogen and oxygen atoms in total. The highest BCUT2D eigenvalue weighted by Crippen LogP contribution is 2.42. The van der Waals surface area contributed by atoms with Crippen LogP contribution in [0.3, 0.4) is 0 Å². The summed E-state index contributed by atoms with van der Waals surface area (Å²) in [6.45, 7) is 8.72. The Labute approximate surface area is 344 Å². The first-order valence-electron chi connectivity index (χ1n) is 20.3. The standard InChI is InChI=1S/C56H48N2/c1-5-42-36-52(38-54(49-24-16-9-17-25-49)55(42)53-37-51(27-26-39(53)2)46-22-14-8-15-23-46)48-30-28-44(29-31-48)41(4)58-56(57-40(3)43-18-10-6-11-19-43)50-34-32-47(33-35-50)45-20-12-7-13-21-45/h6-38,41H,5H2,1-4H3/t41-/m0/s1. The van der Waals surface area contributed by atoms with Crippen LogP contribution in [0, 0.1) is 6.92 Å². The van der Waals surface area contributed by atoms with E-state index in [0.717, 1.165) is 34.7 Å². The molecule has 0 heterocycles. The van der Waals surface area contributed by atoms with Crippen molar-refractivity contribution in [1.82, 2.24) is 0 Å². The van der Waals surface area contributed by atoms with Crippen LogP contribution < -0.4 is 0 Å². The number of rotatable bonds is 10. The molecule has 58 heavy (non-hydrogen) atoms. The van der Waals surface area contributed by atoms with Crippen LogP contribution >= 0.6 is 0 Å². The van der Waals surface area contributed by atoms with E-state index in [4.69, 9.17) is 9.98 Å². The number of nitrogens with zero attached hydrogens (tertiary/aromatic N) is 2. The summed E-state index contributed by atoms with van der Waals surface area (Å²) in [5.41, 5.74) is 19.0. The van der Waals surface area contributed by atoms with E-state index in [1.54, 1.807) is 0 Å². The fraction of sp³-hybridized carbons (Fsp3) is 0.107. The van der Waals surface area contributed by atoms with E-state index in [1.807, 2.05) is 24.3 Å². The molecule has 8 aromatic carbocycles. The molecule has 0 N–H and O–H groups in total. The summed E-state index contributed by atoms with van der Waals surface area (Å²) in [4.78, 5) is 10.4. The molecule has 0 fully saturated rings. The van der Waals surface area contributed by atoms with Gasteiger partial charge in [-0.05, 0) is 117 Å². The molecule has 0 aliphatic carbocycles. The van der Waals surface area contributed by atoms with Crippen LogP contribution in [-0.4, -0.2) is 11.5 Å². The maximum absolute atomic E-state index is 5.28. The van der Waals surface area contributed by atoms with E-state index < -0.39 is 0 Å². The van der Waals surface area contributed by atoms with E-state index in [2.05, 4.69) is 204 Å². The van der Waals surface area contributed by atoms with Crippen LogP contribution in [0.5, 0.6) is 0 Å². The smallest absolute Gasteiger partial charge is 0.155 e. The van der Waals surface area contributed by atoms with E-state index >= 15 is 0 Å². The Balaban J connectivity index is 1.16. The number of aliphatic imine (C=N–C) groups is 2. The number of benzene rings is 8. The van der Waals surface area contributed by atoms with Gasteiger partial charge in [0, 0.05) is 11.3 Å². The number of hydrogen-bond donors (Lipinski definition) is 0. The fourth-order valence-electron chi connectivity index (χ4n) is 7.74. The lowest BCUT2D eigenvalue weighted by Gasteiger charge is -2.20. The molecule has 0 bridgehead atoms. The van der Waals surface area contributed by atoms with Gasteiger partial charge >= 0.3 is 0 Å². The minimum Gasteiger partial charge on any atom is -0.258 e. The van der Waals surface area contributed by atoms with Crippen molar-refractivity contribution in [2.24, 2.45) is 9.98 Å². The van der Waals surface area contributed by atoms with Gasteiger partial charge in [0.15, 0.2) is 5.84 Å². The van der Waals surface area contributed by atoms with Crippen LogP contribution in [0.1, 0.15) is 54.6 Å². The zero-order valence-corrected chi connectivity index (χ0v) is 33.7. The summed E-state index contributed by atoms with van der Waals surface area (Å²) in [6.07, 6.45) is 0.917. The molecule has 0 aromatic heterocycles. The zero-order chi connectivity index (χ0) is 39.8. The summed E-state index contributed by atoms with van der Waals surface area (Å²) < 4.78 is 0. The number of amidine groups is 1. The van der Waals surface area contributed by atoms with Crippen molar-refractivity contribution in [1.29, 1.82) is 0 Å². The molecule has 0 aliphatic heterocycles. The van der Waals surface area contributed by atoms with Gasteiger partial charge in [0.1, 0.15) is 0 Å². The molecule has 0 amide bonds. The minimum atomic E-state index is -0.113. The predicted molar refractivity (Wildman–Crippen MR) is 248 cm³/mol. The molecule has 0 radical (unpaired) electrons. The van der Waals surface area contributed by atoms with Crippen molar-refractivity contribution in [2.75, 3.05) is 0 Å². The molecule has 0 saturated heterocycles. The third-order valence-electron chi connectivity index (χ3n) is 11.1. The molecular formula is C56H48N2. The van der Waals surface area contributed by atoms with Gasteiger partial charge in [-0.25, -0.2) is 4.99 Å². The van der Waals surface area contributed by atoms with Crippen molar-refractivity contribution in [3.8, 4) is 55.6 Å². The maximum atomic E-state index is 5.28. The van der Waals surface area contributed by atoms with Crippen molar-refractivity contribution >= 4 is 11.5 Å². The number of aryl methyl sites for hydroxylation is 2. The van der Waals surface area contributed by atoms with E-state index in [1.165, 1.54) is 66.8 Å². The summed E-state index contributed by atoms with van der Waals surface area (Å²) in [5, 5.41) is 0. The lowest BCUT2D eigenvalue weighted by Crippen LogP contribution is -2.06. The Kier molecular flexibility index (Phi) is 11.5. The third kappa shape index (κ3) is 8.43. The van der Waals surface area contributed by atoms with Crippen molar-refractivity contribution in [2.45, 2.75) is 40.2 Å². The van der Waals surface area contributed by atoms with Crippen LogP contribution in [0.25, 0.3) is 55.6 Å². The largest absolute Gasteiger partial charge is 0.258 e. The minimum absolute atomic E-state index is 0.113. The van der Waals surface area contributed by atoms with Gasteiger partial charge in [-0.2, -0.15) is 0 Å². The zero-order valence-electron chi connectivity index (χ0n) is 33.7. The van der Waals surface area contributed by atoms with Crippen LogP contribution in [0.4, 0.5) is 0 Å². The molecule has 1 atom stereocenters. The average molecular weight is 749 g/mol. The van der Waals surface area contributed by atoms with Gasteiger partial charge in [0.05, 0.1) is 6.04 Å². The summed E-state index contributed by atoms with van der Waals surface area (Å²) in [6, 6.07) is 71.4. The van der Waals surface area contributed by atoms with Gasteiger partial charge in [0.25, 0.3) is 0 Å². The first-order valence-corrected chi connectivity index (χ1v) is 20.3. The van der Waals surface area contributed by atoms with E-state index in [-0.39, 0.29) is 6.04 Å². The molecular weight excluding hydrogens is 701 g/mol. The highest BCUT2D eigenvalue weighted by atomic mass is 14.9. The monoisotopic (exact) mass is 748 g/mol. The summed E-state index contributed by atoms with van der Waals surface area (Å²) in [7, 11) is 0. The molecule has 2 heteroatoms. The molecule has 0 aliphatic rings. The van der Waals surface area contributed by atoms with Crippen LogP contribution in [-0.2, 0) is 6.42 Å². The quantitative estimate of drug-likeness (QED) is 0.0983. The van der Waals surface area contributed by atoms with Gasteiger partial charge in [-0.3, -0.25) is 4.99 Å². The first kappa shape index (κ1) is 38.0. The SMILES string of the molecule is CCc1cc(-c2ccc([C@H](C)N=C(N=C(C)c3ccccc3)c3ccc(-c4ccccc4)cc3)cc2)cc(-c2ccccc2)c1-c1cc(-c2ccccc2)ccc1C. The maximum Gasteiger partial charge on any atom is 0.155 e. The van der Waals surface area contributed by atoms with Gasteiger partial charge in [0.2, 0.25) is 0 Å². The topological polar surface area (TPSA) is 24.7 Å². The Bertz CT molecular complexity index is 2680. The number of hydrogen-bond acceptors (Lipinski definition) is 1. The highest BCUT2D eigenvalue weighted by Gasteiger charge is 2.18. The first-order chi connectivity index (χ1) is 28.4. The normalized spacial score (nSPS) is 12.3. The lowest BCUT2D eigenvalue weighted by atomic mass is 9.84. The molecule has 8 rings (SSSR count). The Morgan fingerprint density at radius 1 is 0.466 bits per heavy atom. The third-order valence-corrected chi connectivity index (χ3v) is 11.1.